The number of carbonyl (C=O) groups is 1. The molecule has 0 unspecified atom stereocenters. The highest BCUT2D eigenvalue weighted by molar-refractivity contribution is 7.13. The third-order valence-electron chi connectivity index (χ3n) is 3.37. The van der Waals surface area contributed by atoms with E-state index in [2.05, 4.69) is 14.9 Å². The van der Waals surface area contributed by atoms with Crippen LogP contribution in [0.4, 0.5) is 15.3 Å². The number of hydrogen-bond donors (Lipinski definition) is 1. The number of hydrogen-bond acceptors (Lipinski definition) is 6. The van der Waals surface area contributed by atoms with Crippen LogP contribution in [0.2, 0.25) is 0 Å². The Hall–Kier alpha value is -2.22. The number of carbonyl (C=O) groups excluding carboxylic acids is 1. The number of halogens is 1. The van der Waals surface area contributed by atoms with Crippen molar-refractivity contribution in [1.29, 1.82) is 0 Å². The van der Waals surface area contributed by atoms with Gasteiger partial charge in [-0.25, -0.2) is 14.4 Å². The summed E-state index contributed by atoms with van der Waals surface area (Å²) in [6.45, 7) is 2.49. The Balaban J connectivity index is 1.69. The smallest absolute Gasteiger partial charge is 0.257 e. The maximum absolute atomic E-state index is 13.2. The van der Waals surface area contributed by atoms with Crippen molar-refractivity contribution in [1.82, 2.24) is 14.9 Å². The summed E-state index contributed by atoms with van der Waals surface area (Å²) >= 11 is 1.57. The summed E-state index contributed by atoms with van der Waals surface area (Å²) in [5.41, 5.74) is 5.78. The van der Waals surface area contributed by atoms with Crippen molar-refractivity contribution in [2.45, 2.75) is 0 Å². The van der Waals surface area contributed by atoms with Crippen LogP contribution in [0.15, 0.2) is 23.8 Å². The highest BCUT2D eigenvalue weighted by Crippen LogP contribution is 2.20. The SMILES string of the molecule is Nc1ncc(F)cc1C(=O)N1CCN(c2nccs2)CC1. The molecular weight excluding hydrogens is 293 g/mol. The van der Waals surface area contributed by atoms with Crippen molar-refractivity contribution in [2.75, 3.05) is 36.8 Å². The molecule has 0 spiro atoms. The van der Waals surface area contributed by atoms with Crippen LogP contribution in [0, 0.1) is 5.82 Å². The van der Waals surface area contributed by atoms with Gasteiger partial charge in [-0.15, -0.1) is 11.3 Å². The maximum atomic E-state index is 13.2. The zero-order valence-corrected chi connectivity index (χ0v) is 12.0. The minimum absolute atomic E-state index is 0.0590. The summed E-state index contributed by atoms with van der Waals surface area (Å²) in [4.78, 5) is 24.1. The molecule has 0 saturated carbocycles. The van der Waals surface area contributed by atoms with E-state index in [1.54, 1.807) is 22.4 Å². The van der Waals surface area contributed by atoms with Crippen LogP contribution < -0.4 is 10.6 Å². The Bertz CT molecular complexity index is 640. The van der Waals surface area contributed by atoms with Gasteiger partial charge in [-0.2, -0.15) is 0 Å². The summed E-state index contributed by atoms with van der Waals surface area (Å²) in [6, 6.07) is 1.14. The first-order valence-electron chi connectivity index (χ1n) is 6.50. The summed E-state index contributed by atoms with van der Waals surface area (Å²) in [6.07, 6.45) is 2.77. The third-order valence-corrected chi connectivity index (χ3v) is 4.20. The lowest BCUT2D eigenvalue weighted by Crippen LogP contribution is -2.49. The second-order valence-corrected chi connectivity index (χ2v) is 5.55. The van der Waals surface area contributed by atoms with E-state index >= 15 is 0 Å². The Kier molecular flexibility index (Phi) is 3.70. The fourth-order valence-corrected chi connectivity index (χ4v) is 2.96. The normalized spacial score (nSPS) is 15.3. The number of rotatable bonds is 2. The lowest BCUT2D eigenvalue weighted by molar-refractivity contribution is 0.0747. The van der Waals surface area contributed by atoms with Gasteiger partial charge in [0.05, 0.1) is 11.8 Å². The van der Waals surface area contributed by atoms with Crippen molar-refractivity contribution < 1.29 is 9.18 Å². The molecule has 1 aliphatic heterocycles. The molecule has 0 aliphatic carbocycles. The van der Waals surface area contributed by atoms with Crippen molar-refractivity contribution in [3.8, 4) is 0 Å². The molecule has 6 nitrogen and oxygen atoms in total. The number of pyridine rings is 1. The zero-order chi connectivity index (χ0) is 14.8. The minimum atomic E-state index is -0.561. The van der Waals surface area contributed by atoms with Gasteiger partial charge in [0.1, 0.15) is 11.6 Å². The first-order chi connectivity index (χ1) is 10.1. The molecule has 0 radical (unpaired) electrons. The first-order valence-corrected chi connectivity index (χ1v) is 7.38. The van der Waals surface area contributed by atoms with E-state index in [1.165, 1.54) is 0 Å². The van der Waals surface area contributed by atoms with Crippen LogP contribution in [0.3, 0.4) is 0 Å². The summed E-state index contributed by atoms with van der Waals surface area (Å²) < 4.78 is 13.2. The average Bonchev–Trinajstić information content (AvgIpc) is 3.03. The molecule has 3 heterocycles. The number of amides is 1. The minimum Gasteiger partial charge on any atom is -0.383 e. The Labute approximate surface area is 125 Å². The van der Waals surface area contributed by atoms with Crippen LogP contribution >= 0.6 is 11.3 Å². The largest absolute Gasteiger partial charge is 0.383 e. The monoisotopic (exact) mass is 307 g/mol. The molecule has 2 aromatic heterocycles. The predicted octanol–water partition coefficient (Wildman–Crippen LogP) is 1.22. The van der Waals surface area contributed by atoms with E-state index in [4.69, 9.17) is 5.73 Å². The van der Waals surface area contributed by atoms with Gasteiger partial charge in [0.15, 0.2) is 5.13 Å². The highest BCUT2D eigenvalue weighted by Gasteiger charge is 2.25. The van der Waals surface area contributed by atoms with Crippen LogP contribution in [0.5, 0.6) is 0 Å². The second kappa shape index (κ2) is 5.65. The van der Waals surface area contributed by atoms with E-state index in [9.17, 15) is 9.18 Å². The van der Waals surface area contributed by atoms with Crippen LogP contribution in [-0.2, 0) is 0 Å². The van der Waals surface area contributed by atoms with Crippen molar-refractivity contribution in [2.24, 2.45) is 0 Å². The maximum Gasteiger partial charge on any atom is 0.257 e. The number of nitrogen functional groups attached to an aromatic ring is 1. The van der Waals surface area contributed by atoms with E-state index in [0.29, 0.717) is 26.2 Å². The molecule has 1 fully saturated rings. The van der Waals surface area contributed by atoms with E-state index < -0.39 is 5.82 Å². The van der Waals surface area contributed by atoms with Gasteiger partial charge in [-0.05, 0) is 6.07 Å². The van der Waals surface area contributed by atoms with Gasteiger partial charge < -0.3 is 15.5 Å². The highest BCUT2D eigenvalue weighted by atomic mass is 32.1. The lowest BCUT2D eigenvalue weighted by Gasteiger charge is -2.34. The molecule has 2 aromatic rings. The number of anilines is 2. The molecule has 0 aromatic carbocycles. The average molecular weight is 307 g/mol. The van der Waals surface area contributed by atoms with Gasteiger partial charge in [0.2, 0.25) is 0 Å². The predicted molar refractivity (Wildman–Crippen MR) is 78.8 cm³/mol. The fraction of sp³-hybridized carbons (Fsp3) is 0.308. The van der Waals surface area contributed by atoms with Crippen LogP contribution in [-0.4, -0.2) is 47.0 Å². The number of thiazole rings is 1. The summed E-state index contributed by atoms with van der Waals surface area (Å²) in [5, 5.41) is 2.88. The zero-order valence-electron chi connectivity index (χ0n) is 11.2. The van der Waals surface area contributed by atoms with Crippen LogP contribution in [0.25, 0.3) is 0 Å². The fourth-order valence-electron chi connectivity index (χ4n) is 2.26. The van der Waals surface area contributed by atoms with Gasteiger partial charge >= 0.3 is 0 Å². The van der Waals surface area contributed by atoms with E-state index in [0.717, 1.165) is 17.4 Å². The summed E-state index contributed by atoms with van der Waals surface area (Å²) in [7, 11) is 0. The van der Waals surface area contributed by atoms with Gasteiger partial charge in [-0.3, -0.25) is 4.79 Å². The number of nitrogens with two attached hydrogens (primary N) is 1. The Morgan fingerprint density at radius 3 is 2.71 bits per heavy atom. The number of piperazine rings is 1. The number of nitrogens with zero attached hydrogens (tertiary/aromatic N) is 4. The summed E-state index contributed by atoms with van der Waals surface area (Å²) in [5.74, 6) is -0.781. The van der Waals surface area contributed by atoms with Crippen molar-refractivity contribution >= 4 is 28.2 Å². The molecule has 8 heteroatoms. The molecule has 1 amide bonds. The quantitative estimate of drug-likeness (QED) is 0.903. The van der Waals surface area contributed by atoms with Gasteiger partial charge in [0, 0.05) is 37.8 Å². The van der Waals surface area contributed by atoms with E-state index in [1.807, 2.05) is 5.38 Å². The molecule has 1 aliphatic rings. The first kappa shape index (κ1) is 13.7. The molecule has 21 heavy (non-hydrogen) atoms. The third kappa shape index (κ3) is 2.80. The molecule has 1 saturated heterocycles. The molecule has 0 atom stereocenters. The second-order valence-electron chi connectivity index (χ2n) is 4.68. The molecule has 2 N–H and O–H groups in total. The molecular formula is C13H14FN5OS. The molecule has 110 valence electrons. The Morgan fingerprint density at radius 2 is 2.05 bits per heavy atom. The number of aromatic nitrogens is 2. The molecule has 0 bridgehead atoms. The van der Waals surface area contributed by atoms with Crippen molar-refractivity contribution in [3.63, 3.8) is 0 Å². The lowest BCUT2D eigenvalue weighted by atomic mass is 10.2. The Morgan fingerprint density at radius 1 is 1.29 bits per heavy atom. The van der Waals surface area contributed by atoms with Crippen molar-refractivity contribution in [3.05, 3.63) is 35.2 Å². The van der Waals surface area contributed by atoms with Crippen LogP contribution in [0.1, 0.15) is 10.4 Å². The topological polar surface area (TPSA) is 75.3 Å². The van der Waals surface area contributed by atoms with Gasteiger partial charge in [-0.1, -0.05) is 0 Å². The van der Waals surface area contributed by atoms with Gasteiger partial charge in [0.25, 0.3) is 5.91 Å². The van der Waals surface area contributed by atoms with E-state index in [-0.39, 0.29) is 17.3 Å². The standard InChI is InChI=1S/C13H14FN5OS/c14-9-7-10(11(15)17-8-9)12(20)18-2-4-19(5-3-18)13-16-1-6-21-13/h1,6-8H,2-5H2,(H2,15,17). The molecule has 3 rings (SSSR count).